The Hall–Kier alpha value is -2.65. The number of hydrogen-bond acceptors (Lipinski definition) is 7. The SMILES string of the molecule is Cc1cc(C)c(NC(=O)CNC(=O)CSc2nnc(-c3cccs3)o2)c(C)c1. The molecule has 2 amide bonds. The van der Waals surface area contributed by atoms with E-state index in [-0.39, 0.29) is 24.1 Å². The van der Waals surface area contributed by atoms with Crippen LogP contribution in [-0.4, -0.2) is 34.3 Å². The molecule has 9 heteroatoms. The Morgan fingerprint density at radius 1 is 1.14 bits per heavy atom. The summed E-state index contributed by atoms with van der Waals surface area (Å²) >= 11 is 2.63. The van der Waals surface area contributed by atoms with Crippen LogP contribution in [0, 0.1) is 20.8 Å². The van der Waals surface area contributed by atoms with E-state index in [1.165, 1.54) is 11.3 Å². The van der Waals surface area contributed by atoms with Gasteiger partial charge in [-0.25, -0.2) is 0 Å². The van der Waals surface area contributed by atoms with Crippen molar-refractivity contribution in [2.45, 2.75) is 26.0 Å². The van der Waals surface area contributed by atoms with Gasteiger partial charge in [-0.05, 0) is 43.3 Å². The van der Waals surface area contributed by atoms with Crippen LogP contribution in [-0.2, 0) is 9.59 Å². The van der Waals surface area contributed by atoms with Gasteiger partial charge >= 0.3 is 0 Å². The van der Waals surface area contributed by atoms with Gasteiger partial charge < -0.3 is 15.1 Å². The van der Waals surface area contributed by atoms with Gasteiger partial charge in [-0.15, -0.1) is 21.5 Å². The van der Waals surface area contributed by atoms with E-state index >= 15 is 0 Å². The van der Waals surface area contributed by atoms with Crippen molar-refractivity contribution in [2.24, 2.45) is 0 Å². The molecule has 0 atom stereocenters. The number of hydrogen-bond donors (Lipinski definition) is 2. The molecule has 0 unspecified atom stereocenters. The summed E-state index contributed by atoms with van der Waals surface area (Å²) in [5, 5.41) is 15.6. The zero-order valence-electron chi connectivity index (χ0n) is 15.7. The molecule has 0 bridgehead atoms. The number of anilines is 1. The van der Waals surface area contributed by atoms with Gasteiger partial charge in [-0.2, -0.15) is 0 Å². The van der Waals surface area contributed by atoms with Gasteiger partial charge in [-0.3, -0.25) is 9.59 Å². The Morgan fingerprint density at radius 3 is 2.57 bits per heavy atom. The number of thiophene rings is 1. The number of carbonyl (C=O) groups is 2. The summed E-state index contributed by atoms with van der Waals surface area (Å²) in [6.45, 7) is 5.80. The van der Waals surface area contributed by atoms with E-state index in [1.54, 1.807) is 0 Å². The monoisotopic (exact) mass is 416 g/mol. The van der Waals surface area contributed by atoms with Gasteiger partial charge in [0.1, 0.15) is 0 Å². The number of carbonyl (C=O) groups excluding carboxylic acids is 2. The highest BCUT2D eigenvalue weighted by atomic mass is 32.2. The molecule has 146 valence electrons. The lowest BCUT2D eigenvalue weighted by atomic mass is 10.1. The van der Waals surface area contributed by atoms with Crippen LogP contribution in [0.25, 0.3) is 10.8 Å². The minimum atomic E-state index is -0.284. The smallest absolute Gasteiger partial charge is 0.277 e. The van der Waals surface area contributed by atoms with Gasteiger partial charge in [-0.1, -0.05) is 35.5 Å². The minimum absolute atomic E-state index is 0.0853. The standard InChI is InChI=1S/C19H20N4O3S2/c1-11-7-12(2)17(13(3)8-11)21-15(24)9-20-16(25)10-28-19-23-22-18(26-19)14-5-4-6-27-14/h4-8H,9-10H2,1-3H3,(H,20,25)(H,21,24). The van der Waals surface area contributed by atoms with E-state index in [9.17, 15) is 9.59 Å². The first-order valence-corrected chi connectivity index (χ1v) is 10.4. The fourth-order valence-electron chi connectivity index (χ4n) is 2.69. The molecule has 0 radical (unpaired) electrons. The number of amides is 2. The first-order chi connectivity index (χ1) is 13.4. The van der Waals surface area contributed by atoms with Crippen molar-refractivity contribution in [2.75, 3.05) is 17.6 Å². The largest absolute Gasteiger partial charge is 0.410 e. The minimum Gasteiger partial charge on any atom is -0.410 e. The number of nitrogens with zero attached hydrogens (tertiary/aromatic N) is 2. The topological polar surface area (TPSA) is 97.1 Å². The first-order valence-electron chi connectivity index (χ1n) is 8.57. The molecule has 0 saturated heterocycles. The number of rotatable bonds is 7. The van der Waals surface area contributed by atoms with Crippen molar-refractivity contribution in [3.63, 3.8) is 0 Å². The van der Waals surface area contributed by atoms with Gasteiger partial charge in [0.05, 0.1) is 17.2 Å². The van der Waals surface area contributed by atoms with Crippen molar-refractivity contribution in [3.8, 4) is 10.8 Å². The van der Waals surface area contributed by atoms with Crippen molar-refractivity contribution in [1.82, 2.24) is 15.5 Å². The molecule has 7 nitrogen and oxygen atoms in total. The van der Waals surface area contributed by atoms with E-state index in [0.717, 1.165) is 39.0 Å². The van der Waals surface area contributed by atoms with Crippen LogP contribution >= 0.6 is 23.1 Å². The van der Waals surface area contributed by atoms with E-state index in [0.29, 0.717) is 11.1 Å². The predicted octanol–water partition coefficient (Wildman–Crippen LogP) is 3.57. The first kappa shape index (κ1) is 20.1. The molecule has 3 aromatic rings. The van der Waals surface area contributed by atoms with Crippen molar-refractivity contribution < 1.29 is 14.0 Å². The molecule has 2 aromatic heterocycles. The third kappa shape index (κ3) is 5.20. The lowest BCUT2D eigenvalue weighted by Crippen LogP contribution is -2.34. The van der Waals surface area contributed by atoms with Crippen LogP contribution in [0.3, 0.4) is 0 Å². The lowest BCUT2D eigenvalue weighted by Gasteiger charge is -2.13. The Kier molecular flexibility index (Phi) is 6.48. The van der Waals surface area contributed by atoms with Crippen LogP contribution in [0.4, 0.5) is 5.69 Å². The molecule has 28 heavy (non-hydrogen) atoms. The summed E-state index contributed by atoms with van der Waals surface area (Å²) < 4.78 is 5.51. The second-order valence-corrected chi connectivity index (χ2v) is 8.11. The normalized spacial score (nSPS) is 10.7. The summed E-state index contributed by atoms with van der Waals surface area (Å²) in [5.74, 6) is -0.0391. The van der Waals surface area contributed by atoms with Crippen LogP contribution < -0.4 is 10.6 Å². The molecular weight excluding hydrogens is 396 g/mol. The van der Waals surface area contributed by atoms with E-state index in [1.807, 2.05) is 50.4 Å². The highest BCUT2D eigenvalue weighted by Gasteiger charge is 2.13. The molecule has 0 aliphatic carbocycles. The molecular formula is C19H20N4O3S2. The molecule has 2 N–H and O–H groups in total. The van der Waals surface area contributed by atoms with Crippen molar-refractivity contribution in [3.05, 3.63) is 46.3 Å². The quantitative estimate of drug-likeness (QED) is 0.572. The number of nitrogens with one attached hydrogen (secondary N) is 2. The summed E-state index contributed by atoms with van der Waals surface area (Å²) in [7, 11) is 0. The molecule has 3 rings (SSSR count). The van der Waals surface area contributed by atoms with E-state index in [4.69, 9.17) is 4.42 Å². The summed E-state index contributed by atoms with van der Waals surface area (Å²) in [6.07, 6.45) is 0. The zero-order valence-corrected chi connectivity index (χ0v) is 17.4. The van der Waals surface area contributed by atoms with Gasteiger partial charge in [0.15, 0.2) is 0 Å². The average molecular weight is 417 g/mol. The van der Waals surface area contributed by atoms with E-state index < -0.39 is 0 Å². The number of thioether (sulfide) groups is 1. The molecule has 0 spiro atoms. The van der Waals surface area contributed by atoms with Crippen molar-refractivity contribution in [1.29, 1.82) is 0 Å². The fraction of sp³-hybridized carbons (Fsp3) is 0.263. The number of aryl methyl sites for hydroxylation is 3. The summed E-state index contributed by atoms with van der Waals surface area (Å²) in [4.78, 5) is 25.0. The van der Waals surface area contributed by atoms with Crippen LogP contribution in [0.2, 0.25) is 0 Å². The van der Waals surface area contributed by atoms with Gasteiger partial charge in [0.25, 0.3) is 11.1 Å². The van der Waals surface area contributed by atoms with Crippen molar-refractivity contribution >= 4 is 40.6 Å². The Balaban J connectivity index is 1.45. The predicted molar refractivity (Wildman–Crippen MR) is 111 cm³/mol. The van der Waals surface area contributed by atoms with Gasteiger partial charge in [0, 0.05) is 5.69 Å². The van der Waals surface area contributed by atoms with E-state index in [2.05, 4.69) is 20.8 Å². The maximum absolute atomic E-state index is 12.1. The average Bonchev–Trinajstić information content (AvgIpc) is 3.32. The number of aromatic nitrogens is 2. The molecule has 0 saturated carbocycles. The highest BCUT2D eigenvalue weighted by molar-refractivity contribution is 7.99. The molecule has 1 aromatic carbocycles. The van der Waals surface area contributed by atoms with Crippen LogP contribution in [0.5, 0.6) is 0 Å². The Bertz CT molecular complexity index is 960. The second-order valence-electron chi connectivity index (χ2n) is 6.24. The third-order valence-electron chi connectivity index (χ3n) is 3.85. The lowest BCUT2D eigenvalue weighted by molar-refractivity contribution is -0.122. The highest BCUT2D eigenvalue weighted by Crippen LogP contribution is 2.26. The summed E-state index contributed by atoms with van der Waals surface area (Å²) in [5.41, 5.74) is 3.91. The Morgan fingerprint density at radius 2 is 1.89 bits per heavy atom. The molecule has 0 aliphatic rings. The van der Waals surface area contributed by atoms with Gasteiger partial charge in [0.2, 0.25) is 11.8 Å². The molecule has 0 fully saturated rings. The van der Waals surface area contributed by atoms with Crippen LogP contribution in [0.15, 0.2) is 39.3 Å². The third-order valence-corrected chi connectivity index (χ3v) is 5.53. The second kappa shape index (κ2) is 9.03. The van der Waals surface area contributed by atoms with Crippen LogP contribution in [0.1, 0.15) is 16.7 Å². The number of benzene rings is 1. The molecule has 2 heterocycles. The molecule has 0 aliphatic heterocycles. The Labute approximate surface area is 170 Å². The maximum atomic E-state index is 12.1. The maximum Gasteiger partial charge on any atom is 0.277 e. The summed E-state index contributed by atoms with van der Waals surface area (Å²) in [6, 6.07) is 7.80. The zero-order chi connectivity index (χ0) is 20.1. The fourth-order valence-corrected chi connectivity index (χ4v) is 3.92.